The molecule has 0 fully saturated rings. The zero-order valence-corrected chi connectivity index (χ0v) is 14.0. The van der Waals surface area contributed by atoms with Gasteiger partial charge in [-0.15, -0.1) is 0 Å². The van der Waals surface area contributed by atoms with Crippen LogP contribution in [0.25, 0.3) is 0 Å². The van der Waals surface area contributed by atoms with Crippen LogP contribution in [-0.4, -0.2) is 31.1 Å². The molecular weight excluding hydrogens is 256 g/mol. The van der Waals surface area contributed by atoms with Gasteiger partial charge < -0.3 is 10.2 Å². The number of nitrogens with one attached hydrogen (secondary N) is 1. The maximum Gasteiger partial charge on any atom is 0.0224 e. The van der Waals surface area contributed by atoms with E-state index in [1.165, 1.54) is 16.7 Å². The molecule has 0 saturated carbocycles. The van der Waals surface area contributed by atoms with Crippen LogP contribution in [-0.2, 0) is 6.54 Å². The first kappa shape index (κ1) is 16.0. The molecule has 2 nitrogen and oxygen atoms in total. The maximum atomic E-state index is 3.59. The number of hydrogen-bond acceptors (Lipinski definition) is 2. The van der Waals surface area contributed by atoms with Crippen LogP contribution in [0.4, 0.5) is 0 Å². The molecule has 1 atom stereocenters. The van der Waals surface area contributed by atoms with Crippen molar-refractivity contribution in [3.8, 4) is 0 Å². The topological polar surface area (TPSA) is 15.3 Å². The van der Waals surface area contributed by atoms with Gasteiger partial charge in [-0.2, -0.15) is 0 Å². The van der Waals surface area contributed by atoms with Crippen LogP contribution in [0.1, 0.15) is 37.8 Å². The van der Waals surface area contributed by atoms with Crippen molar-refractivity contribution in [1.29, 1.82) is 0 Å². The average Bonchev–Trinajstić information content (AvgIpc) is 2.83. The minimum atomic E-state index is 0.143. The van der Waals surface area contributed by atoms with Crippen molar-refractivity contribution in [3.63, 3.8) is 0 Å². The van der Waals surface area contributed by atoms with E-state index in [1.54, 1.807) is 0 Å². The van der Waals surface area contributed by atoms with Gasteiger partial charge in [0.15, 0.2) is 0 Å². The molecule has 1 aromatic rings. The van der Waals surface area contributed by atoms with Crippen molar-refractivity contribution in [2.45, 2.75) is 38.8 Å². The molecule has 0 saturated heterocycles. The number of likely N-dealkylation sites (N-methyl/N-ethyl adjacent to an activating group) is 1. The van der Waals surface area contributed by atoms with Crippen LogP contribution in [0.2, 0.25) is 0 Å². The fourth-order valence-corrected chi connectivity index (χ4v) is 2.61. The molecule has 0 bridgehead atoms. The number of hydrogen-bond donors (Lipinski definition) is 1. The van der Waals surface area contributed by atoms with E-state index < -0.39 is 0 Å². The summed E-state index contributed by atoms with van der Waals surface area (Å²) in [6.07, 6.45) is 6.96. The minimum absolute atomic E-state index is 0.143. The molecule has 0 spiro atoms. The van der Waals surface area contributed by atoms with Crippen molar-refractivity contribution >= 4 is 0 Å². The summed E-state index contributed by atoms with van der Waals surface area (Å²) in [6, 6.07) is 8.76. The molecule has 1 unspecified atom stereocenters. The Hall–Kier alpha value is -1.38. The van der Waals surface area contributed by atoms with Crippen LogP contribution in [0.5, 0.6) is 0 Å². The summed E-state index contributed by atoms with van der Waals surface area (Å²) >= 11 is 0. The lowest BCUT2D eigenvalue weighted by atomic mass is 9.94. The Morgan fingerprint density at radius 2 is 1.86 bits per heavy atom. The third-order valence-corrected chi connectivity index (χ3v) is 3.63. The standard InChI is InChI=1S/C19H28N2/c1-19(2,3)20-13-17-8-6-7-9-18(17)16-11-10-15(12-16)14-21(4)5/h6-12,16,20H,13-14H2,1-5H3. The van der Waals surface area contributed by atoms with E-state index in [0.29, 0.717) is 5.92 Å². The molecular formula is C19H28N2. The molecule has 2 heteroatoms. The molecule has 1 aromatic carbocycles. The SMILES string of the molecule is CN(C)CC1=CC(c2ccccc2CNC(C)(C)C)C=C1. The lowest BCUT2D eigenvalue weighted by molar-refractivity contribution is 0.423. The number of nitrogens with zero attached hydrogens (tertiary/aromatic N) is 1. The number of benzene rings is 1. The zero-order chi connectivity index (χ0) is 15.5. The lowest BCUT2D eigenvalue weighted by Gasteiger charge is -2.22. The van der Waals surface area contributed by atoms with Gasteiger partial charge in [-0.1, -0.05) is 42.5 Å². The molecule has 0 heterocycles. The smallest absolute Gasteiger partial charge is 0.0224 e. The van der Waals surface area contributed by atoms with E-state index >= 15 is 0 Å². The fourth-order valence-electron chi connectivity index (χ4n) is 2.61. The van der Waals surface area contributed by atoms with E-state index in [4.69, 9.17) is 0 Å². The zero-order valence-electron chi connectivity index (χ0n) is 14.0. The molecule has 2 rings (SSSR count). The Morgan fingerprint density at radius 3 is 2.52 bits per heavy atom. The van der Waals surface area contributed by atoms with Gasteiger partial charge in [0, 0.05) is 24.5 Å². The fraction of sp³-hybridized carbons (Fsp3) is 0.474. The Kier molecular flexibility index (Phi) is 5.02. The van der Waals surface area contributed by atoms with Crippen molar-refractivity contribution in [2.24, 2.45) is 0 Å². The molecule has 0 aromatic heterocycles. The quantitative estimate of drug-likeness (QED) is 0.886. The van der Waals surface area contributed by atoms with Crippen LogP contribution in [0.15, 0.2) is 48.1 Å². The number of allylic oxidation sites excluding steroid dienone is 2. The molecule has 114 valence electrons. The van der Waals surface area contributed by atoms with Crippen LogP contribution >= 0.6 is 0 Å². The molecule has 0 amide bonds. The van der Waals surface area contributed by atoms with Crippen LogP contribution in [0, 0.1) is 0 Å². The third-order valence-electron chi connectivity index (χ3n) is 3.63. The molecule has 1 N–H and O–H groups in total. The first-order chi connectivity index (χ1) is 9.85. The van der Waals surface area contributed by atoms with Gasteiger partial charge in [0.25, 0.3) is 0 Å². The highest BCUT2D eigenvalue weighted by Gasteiger charge is 2.16. The minimum Gasteiger partial charge on any atom is -0.308 e. The van der Waals surface area contributed by atoms with Crippen molar-refractivity contribution in [2.75, 3.05) is 20.6 Å². The molecule has 1 aliphatic rings. The second-order valence-electron chi connectivity index (χ2n) is 7.17. The summed E-state index contributed by atoms with van der Waals surface area (Å²) in [5.74, 6) is 0.415. The Balaban J connectivity index is 2.14. The Morgan fingerprint density at radius 1 is 1.14 bits per heavy atom. The molecule has 0 aliphatic heterocycles. The molecule has 21 heavy (non-hydrogen) atoms. The van der Waals surface area contributed by atoms with Gasteiger partial charge in [-0.25, -0.2) is 0 Å². The summed E-state index contributed by atoms with van der Waals surface area (Å²) in [5, 5.41) is 3.59. The summed E-state index contributed by atoms with van der Waals surface area (Å²) < 4.78 is 0. The summed E-state index contributed by atoms with van der Waals surface area (Å²) in [4.78, 5) is 2.21. The van der Waals surface area contributed by atoms with Gasteiger partial charge in [-0.3, -0.25) is 0 Å². The highest BCUT2D eigenvalue weighted by atomic mass is 15.0. The van der Waals surface area contributed by atoms with E-state index in [-0.39, 0.29) is 5.54 Å². The van der Waals surface area contributed by atoms with Gasteiger partial charge >= 0.3 is 0 Å². The maximum absolute atomic E-state index is 3.59. The summed E-state index contributed by atoms with van der Waals surface area (Å²) in [5.41, 5.74) is 4.36. The van der Waals surface area contributed by atoms with Crippen LogP contribution in [0.3, 0.4) is 0 Å². The van der Waals surface area contributed by atoms with E-state index in [9.17, 15) is 0 Å². The van der Waals surface area contributed by atoms with Crippen molar-refractivity contribution in [3.05, 3.63) is 59.2 Å². The molecule has 0 radical (unpaired) electrons. The van der Waals surface area contributed by atoms with E-state index in [0.717, 1.165) is 13.1 Å². The Labute approximate surface area is 129 Å². The van der Waals surface area contributed by atoms with Gasteiger partial charge in [0.1, 0.15) is 0 Å². The molecule has 1 aliphatic carbocycles. The van der Waals surface area contributed by atoms with Crippen molar-refractivity contribution in [1.82, 2.24) is 10.2 Å². The summed E-state index contributed by atoms with van der Waals surface area (Å²) in [7, 11) is 4.23. The largest absolute Gasteiger partial charge is 0.308 e. The first-order valence-corrected chi connectivity index (χ1v) is 7.71. The summed E-state index contributed by atoms with van der Waals surface area (Å²) in [6.45, 7) is 8.55. The predicted molar refractivity (Wildman–Crippen MR) is 91.6 cm³/mol. The van der Waals surface area contributed by atoms with E-state index in [1.807, 2.05) is 0 Å². The lowest BCUT2D eigenvalue weighted by Crippen LogP contribution is -2.35. The Bertz CT molecular complexity index is 533. The van der Waals surface area contributed by atoms with E-state index in [2.05, 4.69) is 87.6 Å². The van der Waals surface area contributed by atoms with Gasteiger partial charge in [-0.05, 0) is 51.6 Å². The van der Waals surface area contributed by atoms with Gasteiger partial charge in [0.2, 0.25) is 0 Å². The monoisotopic (exact) mass is 284 g/mol. The highest BCUT2D eigenvalue weighted by molar-refractivity contribution is 5.43. The first-order valence-electron chi connectivity index (χ1n) is 7.71. The predicted octanol–water partition coefficient (Wildman–Crippen LogP) is 3.72. The third kappa shape index (κ3) is 4.83. The second kappa shape index (κ2) is 6.59. The van der Waals surface area contributed by atoms with Gasteiger partial charge in [0.05, 0.1) is 0 Å². The normalized spacial score (nSPS) is 18.4. The highest BCUT2D eigenvalue weighted by Crippen LogP contribution is 2.29. The average molecular weight is 284 g/mol. The van der Waals surface area contributed by atoms with Crippen LogP contribution < -0.4 is 5.32 Å². The van der Waals surface area contributed by atoms with Crippen molar-refractivity contribution < 1.29 is 0 Å². The number of rotatable bonds is 5. The second-order valence-corrected chi connectivity index (χ2v) is 7.17.